The van der Waals surface area contributed by atoms with Crippen molar-refractivity contribution in [3.8, 4) is 0 Å². The number of aliphatic hydroxyl groups excluding tert-OH is 1. The highest BCUT2D eigenvalue weighted by Crippen LogP contribution is 2.09. The summed E-state index contributed by atoms with van der Waals surface area (Å²) in [7, 11) is -0.622. The lowest BCUT2D eigenvalue weighted by Gasteiger charge is -2.06. The summed E-state index contributed by atoms with van der Waals surface area (Å²) < 4.78 is 10.7. The highest BCUT2D eigenvalue weighted by Gasteiger charge is 1.99. The average molecular weight is 220 g/mol. The molecule has 0 aliphatic heterocycles. The molecule has 0 spiro atoms. The third kappa shape index (κ3) is 10.2. The van der Waals surface area contributed by atoms with Crippen LogP contribution in [0, 0.1) is 0 Å². The van der Waals surface area contributed by atoms with Gasteiger partial charge in [0.15, 0.2) is 0 Å². The van der Waals surface area contributed by atoms with Crippen LogP contribution < -0.4 is 0 Å². The topological polar surface area (TPSA) is 37.3 Å². The largest absolute Gasteiger partial charge is 0.393 e. The van der Waals surface area contributed by atoms with Crippen LogP contribution in [0.5, 0.6) is 0 Å². The molecular weight excluding hydrogens is 196 g/mol. The van der Waals surface area contributed by atoms with Crippen LogP contribution in [-0.2, 0) is 10.8 Å². The fraction of sp³-hybridized carbons (Fsp3) is 1.00. The first kappa shape index (κ1) is 14.1. The third-order valence-corrected chi connectivity index (χ3v) is 3.30. The number of aliphatic hydroxyl groups is 1. The van der Waals surface area contributed by atoms with Gasteiger partial charge in [-0.1, -0.05) is 32.6 Å². The zero-order chi connectivity index (χ0) is 10.8. The van der Waals surface area contributed by atoms with Crippen LogP contribution in [0.4, 0.5) is 0 Å². The van der Waals surface area contributed by atoms with Crippen LogP contribution in [0.15, 0.2) is 0 Å². The van der Waals surface area contributed by atoms with Gasteiger partial charge in [-0.3, -0.25) is 4.21 Å². The Bertz CT molecular complexity index is 148. The minimum absolute atomic E-state index is 0.0989. The summed E-state index contributed by atoms with van der Waals surface area (Å²) in [6.45, 7) is 2.02. The van der Waals surface area contributed by atoms with E-state index in [0.29, 0.717) is 0 Å². The monoisotopic (exact) mass is 220 g/mol. The highest BCUT2D eigenvalue weighted by molar-refractivity contribution is 7.84. The van der Waals surface area contributed by atoms with Crippen molar-refractivity contribution in [2.75, 3.05) is 12.0 Å². The van der Waals surface area contributed by atoms with Gasteiger partial charge in [0.1, 0.15) is 0 Å². The number of unbranched alkanes of at least 4 members (excludes halogenated alkanes) is 4. The van der Waals surface area contributed by atoms with Crippen LogP contribution in [0.1, 0.15) is 51.9 Å². The van der Waals surface area contributed by atoms with Gasteiger partial charge < -0.3 is 5.11 Å². The zero-order valence-corrected chi connectivity index (χ0v) is 10.3. The summed E-state index contributed by atoms with van der Waals surface area (Å²) in [6.07, 6.45) is 9.29. The second kappa shape index (κ2) is 9.66. The van der Waals surface area contributed by atoms with Crippen LogP contribution in [0.3, 0.4) is 0 Å². The Hall–Kier alpha value is 0.110. The second-order valence-corrected chi connectivity index (χ2v) is 5.45. The average Bonchev–Trinajstić information content (AvgIpc) is 2.15. The molecule has 0 amide bonds. The maximum absolute atomic E-state index is 10.7. The van der Waals surface area contributed by atoms with Crippen LogP contribution in [0.2, 0.25) is 0 Å². The van der Waals surface area contributed by atoms with Crippen LogP contribution in [-0.4, -0.2) is 27.4 Å². The summed E-state index contributed by atoms with van der Waals surface area (Å²) >= 11 is 0. The Morgan fingerprint density at radius 2 is 1.71 bits per heavy atom. The summed E-state index contributed by atoms with van der Waals surface area (Å²) in [5.74, 6) is 0.845. The summed E-state index contributed by atoms with van der Waals surface area (Å²) in [6, 6.07) is 0. The van der Waals surface area contributed by atoms with E-state index in [1.165, 1.54) is 19.3 Å². The normalized spacial score (nSPS) is 15.4. The summed E-state index contributed by atoms with van der Waals surface area (Å²) in [4.78, 5) is 0. The van der Waals surface area contributed by atoms with Gasteiger partial charge in [0.05, 0.1) is 6.10 Å². The Balaban J connectivity index is 3.02. The van der Waals surface area contributed by atoms with Gasteiger partial charge in [-0.25, -0.2) is 0 Å². The Morgan fingerprint density at radius 1 is 1.14 bits per heavy atom. The first-order valence-corrected chi connectivity index (χ1v) is 7.37. The molecule has 0 bridgehead atoms. The number of rotatable bonds is 9. The van der Waals surface area contributed by atoms with Gasteiger partial charge >= 0.3 is 0 Å². The molecule has 3 heteroatoms. The standard InChI is InChI=1S/C11H24O2S/c1-3-11(12)9-7-5-4-6-8-10-14(2)13/h11-12H,3-10H2,1-2H3. The molecule has 0 aliphatic rings. The molecule has 2 unspecified atom stereocenters. The van der Waals surface area contributed by atoms with Crippen molar-refractivity contribution < 1.29 is 9.32 Å². The fourth-order valence-electron chi connectivity index (χ4n) is 1.42. The molecule has 0 radical (unpaired) electrons. The van der Waals surface area contributed by atoms with E-state index in [9.17, 15) is 9.32 Å². The first-order valence-electron chi connectivity index (χ1n) is 5.65. The van der Waals surface area contributed by atoms with E-state index in [1.807, 2.05) is 6.92 Å². The maximum atomic E-state index is 10.7. The van der Waals surface area contributed by atoms with E-state index in [0.717, 1.165) is 31.4 Å². The Kier molecular flexibility index (Phi) is 9.73. The lowest BCUT2D eigenvalue weighted by atomic mass is 10.1. The van der Waals surface area contributed by atoms with E-state index < -0.39 is 10.8 Å². The van der Waals surface area contributed by atoms with Crippen molar-refractivity contribution in [2.24, 2.45) is 0 Å². The van der Waals surface area contributed by atoms with E-state index in [4.69, 9.17) is 0 Å². The van der Waals surface area contributed by atoms with Crippen LogP contribution in [0.25, 0.3) is 0 Å². The quantitative estimate of drug-likeness (QED) is 0.606. The van der Waals surface area contributed by atoms with Crippen molar-refractivity contribution in [1.82, 2.24) is 0 Å². The van der Waals surface area contributed by atoms with E-state index in [1.54, 1.807) is 6.26 Å². The van der Waals surface area contributed by atoms with Gasteiger partial charge in [-0.15, -0.1) is 0 Å². The molecule has 86 valence electrons. The van der Waals surface area contributed by atoms with Gasteiger partial charge in [0.2, 0.25) is 0 Å². The maximum Gasteiger partial charge on any atom is 0.0537 e. The lowest BCUT2D eigenvalue weighted by Crippen LogP contribution is -2.03. The second-order valence-electron chi connectivity index (χ2n) is 3.90. The van der Waals surface area contributed by atoms with Crippen molar-refractivity contribution in [1.29, 1.82) is 0 Å². The molecule has 0 aromatic heterocycles. The van der Waals surface area contributed by atoms with Gasteiger partial charge in [-0.2, -0.15) is 0 Å². The van der Waals surface area contributed by atoms with E-state index in [-0.39, 0.29) is 6.10 Å². The predicted molar refractivity (Wildman–Crippen MR) is 62.9 cm³/mol. The molecule has 0 aromatic carbocycles. The molecule has 0 rings (SSSR count). The fourth-order valence-corrected chi connectivity index (χ4v) is 2.03. The molecule has 1 N–H and O–H groups in total. The van der Waals surface area contributed by atoms with Crippen molar-refractivity contribution >= 4 is 10.8 Å². The smallest absolute Gasteiger partial charge is 0.0537 e. The van der Waals surface area contributed by atoms with Crippen molar-refractivity contribution in [3.05, 3.63) is 0 Å². The minimum atomic E-state index is -0.622. The summed E-state index contributed by atoms with van der Waals surface area (Å²) in [5.41, 5.74) is 0. The predicted octanol–water partition coefficient (Wildman–Crippen LogP) is 2.48. The molecule has 2 atom stereocenters. The minimum Gasteiger partial charge on any atom is -0.393 e. The first-order chi connectivity index (χ1) is 6.66. The van der Waals surface area contributed by atoms with Crippen molar-refractivity contribution in [3.63, 3.8) is 0 Å². The molecule has 2 nitrogen and oxygen atoms in total. The molecular formula is C11H24O2S. The van der Waals surface area contributed by atoms with Crippen LogP contribution >= 0.6 is 0 Å². The van der Waals surface area contributed by atoms with E-state index >= 15 is 0 Å². The Morgan fingerprint density at radius 3 is 2.29 bits per heavy atom. The molecule has 14 heavy (non-hydrogen) atoms. The zero-order valence-electron chi connectivity index (χ0n) is 9.50. The Labute approximate surface area is 90.6 Å². The lowest BCUT2D eigenvalue weighted by molar-refractivity contribution is 0.156. The molecule has 0 saturated heterocycles. The van der Waals surface area contributed by atoms with Gasteiger partial charge in [0.25, 0.3) is 0 Å². The highest BCUT2D eigenvalue weighted by atomic mass is 32.2. The number of hydrogen-bond acceptors (Lipinski definition) is 2. The molecule has 0 heterocycles. The van der Waals surface area contributed by atoms with Gasteiger partial charge in [-0.05, 0) is 19.3 Å². The molecule has 0 aromatic rings. The SMILES string of the molecule is CCC(O)CCCCCCCS(C)=O. The summed E-state index contributed by atoms with van der Waals surface area (Å²) in [5, 5.41) is 9.29. The van der Waals surface area contributed by atoms with Gasteiger partial charge in [0, 0.05) is 22.8 Å². The molecule has 0 saturated carbocycles. The molecule has 0 aliphatic carbocycles. The van der Waals surface area contributed by atoms with E-state index in [2.05, 4.69) is 0 Å². The third-order valence-electron chi connectivity index (χ3n) is 2.44. The van der Waals surface area contributed by atoms with Crippen molar-refractivity contribution in [2.45, 2.75) is 58.0 Å². The number of hydrogen-bond donors (Lipinski definition) is 1. The molecule has 0 fully saturated rings.